The minimum Gasteiger partial charge on any atom is -0.358 e. The average molecular weight is 372 g/mol. The Balaban J connectivity index is 1.95. The molecule has 2 atom stereocenters. The summed E-state index contributed by atoms with van der Waals surface area (Å²) in [6.07, 6.45) is 2.11. The van der Waals surface area contributed by atoms with E-state index in [2.05, 4.69) is 48.5 Å². The number of amides is 1. The van der Waals surface area contributed by atoms with Gasteiger partial charge in [-0.3, -0.25) is 4.79 Å². The van der Waals surface area contributed by atoms with E-state index in [1.54, 1.807) is 6.92 Å². The lowest BCUT2D eigenvalue weighted by Crippen LogP contribution is -2.29. The van der Waals surface area contributed by atoms with Crippen LogP contribution in [-0.2, 0) is 11.3 Å². The van der Waals surface area contributed by atoms with Gasteiger partial charge in [0, 0.05) is 6.42 Å². The first-order valence-electron chi connectivity index (χ1n) is 9.43. The Labute approximate surface area is 159 Å². The van der Waals surface area contributed by atoms with Crippen molar-refractivity contribution >= 4 is 11.7 Å². The van der Waals surface area contributed by atoms with Crippen molar-refractivity contribution in [2.75, 3.05) is 0 Å². The highest BCUT2D eigenvalue weighted by molar-refractivity contribution is 5.76. The van der Waals surface area contributed by atoms with Crippen molar-refractivity contribution in [3.05, 3.63) is 57.3 Å². The summed E-state index contributed by atoms with van der Waals surface area (Å²) in [7, 11) is 0. The van der Waals surface area contributed by atoms with Crippen LogP contribution < -0.4 is 5.32 Å². The number of benzene rings is 1. The molecule has 2 rings (SSSR count). The van der Waals surface area contributed by atoms with Gasteiger partial charge in [0.25, 0.3) is 0 Å². The maximum atomic E-state index is 12.3. The van der Waals surface area contributed by atoms with Crippen LogP contribution in [0.1, 0.15) is 68.8 Å². The largest absolute Gasteiger partial charge is 0.390 e. The van der Waals surface area contributed by atoms with Gasteiger partial charge in [0.15, 0.2) is 0 Å². The van der Waals surface area contributed by atoms with Crippen LogP contribution in [-0.4, -0.2) is 20.6 Å². The van der Waals surface area contributed by atoms with Gasteiger partial charge in [-0.1, -0.05) is 45.0 Å². The molecule has 1 amide bonds. The quantitative estimate of drug-likeness (QED) is 0.526. The second kappa shape index (κ2) is 9.30. The Morgan fingerprint density at radius 2 is 1.85 bits per heavy atom. The van der Waals surface area contributed by atoms with Crippen LogP contribution in [0.25, 0.3) is 0 Å². The van der Waals surface area contributed by atoms with E-state index in [9.17, 15) is 14.9 Å². The molecule has 7 heteroatoms. The minimum atomic E-state index is -0.528. The first kappa shape index (κ1) is 20.6. The molecule has 1 heterocycles. The van der Waals surface area contributed by atoms with Crippen LogP contribution in [0.4, 0.5) is 5.82 Å². The first-order valence-corrected chi connectivity index (χ1v) is 9.43. The van der Waals surface area contributed by atoms with Crippen molar-refractivity contribution in [2.45, 2.75) is 65.5 Å². The highest BCUT2D eigenvalue weighted by atomic mass is 16.6. The highest BCUT2D eigenvalue weighted by Crippen LogP contribution is 2.23. The molecule has 146 valence electrons. The Kier molecular flexibility index (Phi) is 7.10. The monoisotopic (exact) mass is 372 g/mol. The summed E-state index contributed by atoms with van der Waals surface area (Å²) < 4.78 is 1.50. The van der Waals surface area contributed by atoms with Crippen molar-refractivity contribution in [3.8, 4) is 0 Å². The summed E-state index contributed by atoms with van der Waals surface area (Å²) >= 11 is 0. The Bertz CT molecular complexity index is 783. The Morgan fingerprint density at radius 1 is 1.22 bits per heavy atom. The van der Waals surface area contributed by atoms with E-state index < -0.39 is 4.92 Å². The van der Waals surface area contributed by atoms with E-state index in [4.69, 9.17) is 0 Å². The number of carbonyl (C=O) groups excluding carboxylic acids is 1. The fraction of sp³-hybridized carbons (Fsp3) is 0.500. The molecular weight excluding hydrogens is 344 g/mol. The first-order chi connectivity index (χ1) is 12.8. The van der Waals surface area contributed by atoms with Gasteiger partial charge in [-0.25, -0.2) is 0 Å². The van der Waals surface area contributed by atoms with Crippen LogP contribution >= 0.6 is 0 Å². The van der Waals surface area contributed by atoms with Crippen molar-refractivity contribution in [1.29, 1.82) is 0 Å². The molecule has 1 aromatic heterocycles. The van der Waals surface area contributed by atoms with Gasteiger partial charge in [0.1, 0.15) is 0 Å². The van der Waals surface area contributed by atoms with Crippen LogP contribution in [0.2, 0.25) is 0 Å². The summed E-state index contributed by atoms with van der Waals surface area (Å²) in [5.74, 6) is 0.237. The van der Waals surface area contributed by atoms with Gasteiger partial charge < -0.3 is 15.4 Å². The van der Waals surface area contributed by atoms with Crippen molar-refractivity contribution in [3.63, 3.8) is 0 Å². The van der Waals surface area contributed by atoms with Crippen LogP contribution in [0.15, 0.2) is 30.3 Å². The Morgan fingerprint density at radius 3 is 2.37 bits per heavy atom. The molecule has 0 spiro atoms. The highest BCUT2D eigenvalue weighted by Gasteiger charge is 2.17. The number of aryl methyl sites for hydroxylation is 2. The molecule has 0 aliphatic rings. The zero-order valence-electron chi connectivity index (χ0n) is 16.4. The van der Waals surface area contributed by atoms with E-state index in [0.717, 1.165) is 18.4 Å². The summed E-state index contributed by atoms with van der Waals surface area (Å²) in [6, 6.07) is 9.78. The summed E-state index contributed by atoms with van der Waals surface area (Å²) in [5, 5.41) is 17.7. The number of nitrogens with zero attached hydrogens (tertiary/aromatic N) is 3. The van der Waals surface area contributed by atoms with Crippen LogP contribution in [0.5, 0.6) is 0 Å². The molecule has 2 unspecified atom stereocenters. The predicted octanol–water partition coefficient (Wildman–Crippen LogP) is 4.27. The van der Waals surface area contributed by atoms with Crippen molar-refractivity contribution in [2.24, 2.45) is 0 Å². The van der Waals surface area contributed by atoms with Gasteiger partial charge in [-0.2, -0.15) is 4.68 Å². The van der Waals surface area contributed by atoms with Gasteiger partial charge in [-0.15, -0.1) is 0 Å². The number of hydrogen-bond donors (Lipinski definition) is 1. The number of nitro groups is 1. The second-order valence-corrected chi connectivity index (χ2v) is 6.88. The summed E-state index contributed by atoms with van der Waals surface area (Å²) in [6.45, 7) is 8.47. The third-order valence-corrected chi connectivity index (χ3v) is 4.97. The third kappa shape index (κ3) is 5.39. The number of aromatic nitrogens is 2. The molecule has 0 fully saturated rings. The zero-order valence-corrected chi connectivity index (χ0v) is 16.4. The maximum absolute atomic E-state index is 12.3. The van der Waals surface area contributed by atoms with E-state index >= 15 is 0 Å². The number of rotatable bonds is 9. The van der Waals surface area contributed by atoms with Crippen molar-refractivity contribution < 1.29 is 9.72 Å². The molecular formula is C20H28N4O3. The molecule has 1 aromatic carbocycles. The average Bonchev–Trinajstić information content (AvgIpc) is 3.05. The summed E-state index contributed by atoms with van der Waals surface area (Å²) in [4.78, 5) is 22.6. The molecule has 2 aromatic rings. The van der Waals surface area contributed by atoms with E-state index in [1.807, 2.05) is 6.92 Å². The SMILES string of the molecule is CCC(C)c1ccc(C(CC)NC(=O)CCn2nc([N+](=O)[O-])cc2C)cc1. The smallest absolute Gasteiger partial charge is 0.358 e. The van der Waals surface area contributed by atoms with Crippen LogP contribution in [0, 0.1) is 17.0 Å². The minimum absolute atomic E-state index is 0.0449. The van der Waals surface area contributed by atoms with Gasteiger partial charge >= 0.3 is 5.82 Å². The normalized spacial score (nSPS) is 13.2. The number of nitrogens with one attached hydrogen (secondary N) is 1. The van der Waals surface area contributed by atoms with E-state index in [0.29, 0.717) is 18.2 Å². The zero-order chi connectivity index (χ0) is 20.0. The Hall–Kier alpha value is -2.70. The van der Waals surface area contributed by atoms with Crippen molar-refractivity contribution in [1.82, 2.24) is 15.1 Å². The lowest BCUT2D eigenvalue weighted by Gasteiger charge is -2.18. The van der Waals surface area contributed by atoms with Gasteiger partial charge in [0.05, 0.1) is 29.4 Å². The number of carbonyl (C=O) groups is 1. The molecule has 0 aliphatic heterocycles. The van der Waals surface area contributed by atoms with Gasteiger partial charge in [-0.05, 0) is 41.7 Å². The fourth-order valence-corrected chi connectivity index (χ4v) is 3.00. The molecule has 0 bridgehead atoms. The van der Waals surface area contributed by atoms with E-state index in [1.165, 1.54) is 16.3 Å². The molecule has 7 nitrogen and oxygen atoms in total. The molecule has 0 saturated heterocycles. The second-order valence-electron chi connectivity index (χ2n) is 6.88. The topological polar surface area (TPSA) is 90.1 Å². The number of hydrogen-bond acceptors (Lipinski definition) is 4. The van der Waals surface area contributed by atoms with Gasteiger partial charge in [0.2, 0.25) is 5.91 Å². The lowest BCUT2D eigenvalue weighted by atomic mass is 9.95. The maximum Gasteiger partial charge on any atom is 0.390 e. The third-order valence-electron chi connectivity index (χ3n) is 4.97. The lowest BCUT2D eigenvalue weighted by molar-refractivity contribution is -0.389. The molecule has 0 aliphatic carbocycles. The standard InChI is InChI=1S/C20H28N4O3/c1-5-14(3)16-7-9-17(10-8-16)18(6-2)21-20(25)11-12-23-15(4)13-19(22-23)24(26)27/h7-10,13-14,18H,5-6,11-12H2,1-4H3,(H,21,25). The molecule has 0 radical (unpaired) electrons. The summed E-state index contributed by atoms with van der Waals surface area (Å²) in [5.41, 5.74) is 3.06. The fourth-order valence-electron chi connectivity index (χ4n) is 3.00. The molecule has 1 N–H and O–H groups in total. The predicted molar refractivity (Wildman–Crippen MR) is 105 cm³/mol. The van der Waals surface area contributed by atoms with Crippen LogP contribution in [0.3, 0.4) is 0 Å². The molecule has 0 saturated carbocycles. The van der Waals surface area contributed by atoms with E-state index in [-0.39, 0.29) is 24.2 Å². The molecule has 27 heavy (non-hydrogen) atoms.